The van der Waals surface area contributed by atoms with Gasteiger partial charge in [-0.05, 0) is 69.2 Å². The minimum absolute atomic E-state index is 0.0187. The summed E-state index contributed by atoms with van der Waals surface area (Å²) >= 11 is 0. The molecule has 0 saturated carbocycles. The Hall–Kier alpha value is -4.06. The van der Waals surface area contributed by atoms with Gasteiger partial charge < -0.3 is 19.2 Å². The molecule has 0 aliphatic carbocycles. The SMILES string of the molecule is CCOc1ccc(NC(=O)COc2c(-c3ccc(C)cc3)oc3cc(C)cc(C)c3c2=O)cc1. The van der Waals surface area contributed by atoms with Crippen LogP contribution in [0.15, 0.2) is 69.9 Å². The van der Waals surface area contributed by atoms with Crippen molar-refractivity contribution in [2.24, 2.45) is 0 Å². The molecule has 0 radical (unpaired) electrons. The van der Waals surface area contributed by atoms with E-state index in [1.807, 2.05) is 64.1 Å². The maximum atomic E-state index is 13.5. The second-order valence-electron chi connectivity index (χ2n) is 8.20. The second kappa shape index (κ2) is 9.83. The predicted octanol–water partition coefficient (Wildman–Crippen LogP) is 5.80. The van der Waals surface area contributed by atoms with Crippen molar-refractivity contribution in [1.29, 1.82) is 0 Å². The van der Waals surface area contributed by atoms with Crippen LogP contribution in [0.2, 0.25) is 0 Å². The maximum Gasteiger partial charge on any atom is 0.262 e. The van der Waals surface area contributed by atoms with Gasteiger partial charge in [0.25, 0.3) is 5.91 Å². The molecule has 6 heteroatoms. The third-order valence-corrected chi connectivity index (χ3v) is 5.41. The zero-order valence-corrected chi connectivity index (χ0v) is 19.7. The molecule has 4 aromatic rings. The summed E-state index contributed by atoms with van der Waals surface area (Å²) in [5.41, 5.74) is 4.36. The summed E-state index contributed by atoms with van der Waals surface area (Å²) in [6.45, 7) is 7.93. The van der Waals surface area contributed by atoms with E-state index in [2.05, 4.69) is 5.32 Å². The molecule has 4 rings (SSSR count). The number of carbonyl (C=O) groups excluding carboxylic acids is 1. The monoisotopic (exact) mass is 457 g/mol. The highest BCUT2D eigenvalue weighted by Crippen LogP contribution is 2.32. The van der Waals surface area contributed by atoms with E-state index in [9.17, 15) is 9.59 Å². The molecule has 1 N–H and O–H groups in total. The van der Waals surface area contributed by atoms with E-state index in [1.54, 1.807) is 24.3 Å². The summed E-state index contributed by atoms with van der Waals surface area (Å²) < 4.78 is 17.4. The first-order valence-electron chi connectivity index (χ1n) is 11.2. The van der Waals surface area contributed by atoms with Crippen molar-refractivity contribution in [2.45, 2.75) is 27.7 Å². The average molecular weight is 458 g/mol. The second-order valence-corrected chi connectivity index (χ2v) is 8.20. The largest absolute Gasteiger partial charge is 0.494 e. The van der Waals surface area contributed by atoms with Crippen LogP contribution in [0.5, 0.6) is 11.5 Å². The molecule has 3 aromatic carbocycles. The van der Waals surface area contributed by atoms with Crippen LogP contribution in [-0.2, 0) is 4.79 Å². The molecular formula is C28H27NO5. The summed E-state index contributed by atoms with van der Waals surface area (Å²) in [5.74, 6) is 0.652. The van der Waals surface area contributed by atoms with Crippen LogP contribution in [0.3, 0.4) is 0 Å². The van der Waals surface area contributed by atoms with Crippen molar-refractivity contribution in [3.8, 4) is 22.8 Å². The number of anilines is 1. The predicted molar refractivity (Wildman–Crippen MR) is 134 cm³/mol. The van der Waals surface area contributed by atoms with Gasteiger partial charge in [-0.1, -0.05) is 35.9 Å². The topological polar surface area (TPSA) is 77.8 Å². The van der Waals surface area contributed by atoms with Gasteiger partial charge in [0, 0.05) is 11.3 Å². The number of ether oxygens (including phenoxy) is 2. The third-order valence-electron chi connectivity index (χ3n) is 5.41. The van der Waals surface area contributed by atoms with Gasteiger partial charge >= 0.3 is 0 Å². The van der Waals surface area contributed by atoms with E-state index < -0.39 is 0 Å². The first-order valence-corrected chi connectivity index (χ1v) is 11.2. The summed E-state index contributed by atoms with van der Waals surface area (Å²) in [6.07, 6.45) is 0. The third kappa shape index (κ3) is 4.96. The van der Waals surface area contributed by atoms with Crippen LogP contribution in [0.4, 0.5) is 5.69 Å². The number of rotatable bonds is 7. The Morgan fingerprint density at radius 3 is 2.29 bits per heavy atom. The van der Waals surface area contributed by atoms with Gasteiger partial charge in [-0.25, -0.2) is 0 Å². The normalized spacial score (nSPS) is 10.8. The molecule has 6 nitrogen and oxygen atoms in total. The number of nitrogens with one attached hydrogen (secondary N) is 1. The Labute approximate surface area is 198 Å². The van der Waals surface area contributed by atoms with Crippen LogP contribution in [0, 0.1) is 20.8 Å². The Kier molecular flexibility index (Phi) is 6.68. The van der Waals surface area contributed by atoms with Crippen LogP contribution in [-0.4, -0.2) is 19.1 Å². The van der Waals surface area contributed by atoms with E-state index in [-0.39, 0.29) is 23.7 Å². The van der Waals surface area contributed by atoms with Crippen molar-refractivity contribution >= 4 is 22.6 Å². The lowest BCUT2D eigenvalue weighted by Gasteiger charge is -2.13. The molecule has 1 aromatic heterocycles. The Morgan fingerprint density at radius 2 is 1.62 bits per heavy atom. The van der Waals surface area contributed by atoms with E-state index in [0.29, 0.717) is 34.6 Å². The first-order chi connectivity index (χ1) is 16.4. The molecule has 1 heterocycles. The standard InChI is InChI=1S/C28H27NO5/c1-5-32-22-12-10-21(11-13-22)29-24(30)16-33-28-26(31)25-19(4)14-18(3)15-23(25)34-27(28)20-8-6-17(2)7-9-20/h6-15H,5,16H2,1-4H3,(H,29,30). The lowest BCUT2D eigenvalue weighted by Crippen LogP contribution is -2.22. The molecule has 0 bridgehead atoms. The summed E-state index contributed by atoms with van der Waals surface area (Å²) in [5, 5.41) is 3.22. The van der Waals surface area contributed by atoms with Gasteiger partial charge in [-0.15, -0.1) is 0 Å². The minimum atomic E-state index is -0.390. The lowest BCUT2D eigenvalue weighted by atomic mass is 10.0. The molecule has 0 aliphatic rings. The van der Waals surface area contributed by atoms with E-state index >= 15 is 0 Å². The van der Waals surface area contributed by atoms with Gasteiger partial charge in [-0.2, -0.15) is 0 Å². The Morgan fingerprint density at radius 1 is 0.912 bits per heavy atom. The summed E-state index contributed by atoms with van der Waals surface area (Å²) in [4.78, 5) is 26.0. The number of aryl methyl sites for hydroxylation is 3. The van der Waals surface area contributed by atoms with Crippen molar-refractivity contribution in [3.05, 3.63) is 87.6 Å². The number of carbonyl (C=O) groups is 1. The van der Waals surface area contributed by atoms with E-state index in [1.165, 1.54) is 0 Å². The van der Waals surface area contributed by atoms with Crippen LogP contribution in [0.1, 0.15) is 23.6 Å². The number of amides is 1. The van der Waals surface area contributed by atoms with Crippen molar-refractivity contribution in [1.82, 2.24) is 0 Å². The molecule has 0 spiro atoms. The molecule has 1 amide bonds. The van der Waals surface area contributed by atoms with Gasteiger partial charge in [0.15, 0.2) is 12.4 Å². The quantitative estimate of drug-likeness (QED) is 0.379. The fourth-order valence-corrected chi connectivity index (χ4v) is 3.84. The fraction of sp³-hybridized carbons (Fsp3) is 0.214. The van der Waals surface area contributed by atoms with Gasteiger partial charge in [0.05, 0.1) is 12.0 Å². The van der Waals surface area contributed by atoms with Gasteiger partial charge in [0.2, 0.25) is 11.2 Å². The van der Waals surface area contributed by atoms with Crippen molar-refractivity contribution in [3.63, 3.8) is 0 Å². The summed E-state index contributed by atoms with van der Waals surface area (Å²) in [6, 6.07) is 18.4. The van der Waals surface area contributed by atoms with Gasteiger partial charge in [-0.3, -0.25) is 9.59 Å². The molecule has 0 fully saturated rings. The zero-order valence-electron chi connectivity index (χ0n) is 19.7. The van der Waals surface area contributed by atoms with E-state index in [0.717, 1.165) is 22.4 Å². The minimum Gasteiger partial charge on any atom is -0.494 e. The molecule has 34 heavy (non-hydrogen) atoms. The number of hydrogen-bond donors (Lipinski definition) is 1. The van der Waals surface area contributed by atoms with E-state index in [4.69, 9.17) is 13.9 Å². The van der Waals surface area contributed by atoms with Crippen LogP contribution in [0.25, 0.3) is 22.3 Å². The number of hydrogen-bond acceptors (Lipinski definition) is 5. The van der Waals surface area contributed by atoms with Crippen molar-refractivity contribution in [2.75, 3.05) is 18.5 Å². The Balaban J connectivity index is 1.65. The number of fused-ring (bicyclic) bond motifs is 1. The first kappa shape index (κ1) is 23.1. The van der Waals surface area contributed by atoms with Gasteiger partial charge in [0.1, 0.15) is 11.3 Å². The average Bonchev–Trinajstić information content (AvgIpc) is 2.80. The lowest BCUT2D eigenvalue weighted by molar-refractivity contribution is -0.118. The molecular weight excluding hydrogens is 430 g/mol. The zero-order chi connectivity index (χ0) is 24.2. The molecule has 0 atom stereocenters. The smallest absolute Gasteiger partial charge is 0.262 e. The maximum absolute atomic E-state index is 13.5. The molecule has 0 aliphatic heterocycles. The molecule has 0 unspecified atom stereocenters. The molecule has 0 saturated heterocycles. The highest BCUT2D eigenvalue weighted by molar-refractivity contribution is 5.92. The Bertz CT molecular complexity index is 1390. The highest BCUT2D eigenvalue weighted by Gasteiger charge is 2.20. The van der Waals surface area contributed by atoms with Crippen LogP contribution >= 0.6 is 0 Å². The van der Waals surface area contributed by atoms with Crippen molar-refractivity contribution < 1.29 is 18.7 Å². The fourth-order valence-electron chi connectivity index (χ4n) is 3.84. The highest BCUT2D eigenvalue weighted by atomic mass is 16.5. The van der Waals surface area contributed by atoms with Crippen LogP contribution < -0.4 is 20.2 Å². The molecule has 174 valence electrons. The number of benzene rings is 3. The summed E-state index contributed by atoms with van der Waals surface area (Å²) in [7, 11) is 0.